The number of fused-ring (bicyclic) bond motifs is 3. The van der Waals surface area contributed by atoms with Crippen molar-refractivity contribution < 1.29 is 4.42 Å². The molecule has 2 aliphatic heterocycles. The number of furan rings is 1. The van der Waals surface area contributed by atoms with E-state index in [4.69, 9.17) is 4.42 Å². The number of hydrogen-bond donors (Lipinski definition) is 0. The topological polar surface area (TPSA) is 22.9 Å². The summed E-state index contributed by atoms with van der Waals surface area (Å²) in [5.74, 6) is 2.21. The van der Waals surface area contributed by atoms with E-state index in [-0.39, 0.29) is 13.1 Å². The fourth-order valence-electron chi connectivity index (χ4n) is 3.92. The van der Waals surface area contributed by atoms with Gasteiger partial charge in [-0.05, 0) is 38.1 Å². The third kappa shape index (κ3) is 2.24. The summed E-state index contributed by atoms with van der Waals surface area (Å²) >= 11 is 0. The smallest absolute Gasteiger partial charge is 0.408 e. The van der Waals surface area contributed by atoms with E-state index >= 15 is 0 Å². The van der Waals surface area contributed by atoms with Crippen molar-refractivity contribution in [3.63, 3.8) is 0 Å². The number of para-hydroxylation sites is 2. The van der Waals surface area contributed by atoms with Crippen LogP contribution in [0.3, 0.4) is 0 Å². The predicted octanol–water partition coefficient (Wildman–Crippen LogP) is 2.56. The first-order valence-electron chi connectivity index (χ1n) is 8.95. The highest BCUT2D eigenvalue weighted by molar-refractivity contribution is 6.69. The minimum atomic E-state index is 0.114. The van der Waals surface area contributed by atoms with Gasteiger partial charge in [-0.3, -0.25) is 0 Å². The van der Waals surface area contributed by atoms with E-state index in [1.54, 1.807) is 0 Å². The van der Waals surface area contributed by atoms with Crippen LogP contribution in [0.2, 0.25) is 0 Å². The molecular weight excluding hydrogens is 321 g/mol. The summed E-state index contributed by atoms with van der Waals surface area (Å²) in [6.45, 7) is 2.34. The van der Waals surface area contributed by atoms with Gasteiger partial charge < -0.3 is 18.9 Å². The second-order valence-electron chi connectivity index (χ2n) is 6.87. The van der Waals surface area contributed by atoms with Gasteiger partial charge in [0.2, 0.25) is 0 Å². The highest BCUT2D eigenvalue weighted by atomic mass is 16.3. The SMILES string of the molecule is C[C@@H]1N(B2C=c3oc4ccccc4c3=CN2C)C=CN1c1ccccc1. The van der Waals surface area contributed by atoms with Crippen LogP contribution in [0.5, 0.6) is 0 Å². The highest BCUT2D eigenvalue weighted by Crippen LogP contribution is 2.26. The Morgan fingerprint density at radius 1 is 0.962 bits per heavy atom. The molecule has 26 heavy (non-hydrogen) atoms. The summed E-state index contributed by atoms with van der Waals surface area (Å²) in [6, 6.07) is 18.7. The summed E-state index contributed by atoms with van der Waals surface area (Å²) in [5, 5.41) is 2.33. The predicted molar refractivity (Wildman–Crippen MR) is 107 cm³/mol. The molecule has 0 fully saturated rings. The van der Waals surface area contributed by atoms with E-state index in [2.05, 4.69) is 89.5 Å². The van der Waals surface area contributed by atoms with Crippen LogP contribution >= 0.6 is 0 Å². The summed E-state index contributed by atoms with van der Waals surface area (Å²) in [4.78, 5) is 6.88. The monoisotopic (exact) mass is 341 g/mol. The minimum absolute atomic E-state index is 0.114. The zero-order valence-corrected chi connectivity index (χ0v) is 14.9. The van der Waals surface area contributed by atoms with Gasteiger partial charge in [-0.15, -0.1) is 0 Å². The molecule has 0 aliphatic carbocycles. The lowest BCUT2D eigenvalue weighted by atomic mass is 9.70. The Hall–Kier alpha value is -3.08. The van der Waals surface area contributed by atoms with E-state index in [0.29, 0.717) is 0 Å². The molecule has 3 aromatic rings. The second kappa shape index (κ2) is 5.73. The fourth-order valence-corrected chi connectivity index (χ4v) is 3.92. The lowest BCUT2D eigenvalue weighted by Gasteiger charge is -2.36. The van der Waals surface area contributed by atoms with Gasteiger partial charge in [0.15, 0.2) is 0 Å². The van der Waals surface area contributed by atoms with Crippen molar-refractivity contribution >= 4 is 35.8 Å². The van der Waals surface area contributed by atoms with Crippen molar-refractivity contribution in [3.8, 4) is 0 Å². The molecule has 0 spiro atoms. The standard InChI is InChI=1S/C21H20BN3O/c1-16-24(17-8-4-3-5-9-17)12-13-25(16)22-14-21-19(15-23(22)2)18-10-6-7-11-20(18)26-21/h3-16H,1-2H3/t16-/m0/s1. The van der Waals surface area contributed by atoms with E-state index in [0.717, 1.165) is 16.2 Å². The number of hydrogen-bond acceptors (Lipinski definition) is 4. The van der Waals surface area contributed by atoms with Crippen LogP contribution in [-0.2, 0) is 0 Å². The van der Waals surface area contributed by atoms with Crippen molar-refractivity contribution in [3.05, 3.63) is 77.6 Å². The molecular formula is C21H20BN3O. The first-order chi connectivity index (χ1) is 12.7. The Bertz CT molecular complexity index is 1110. The van der Waals surface area contributed by atoms with Crippen LogP contribution in [0.25, 0.3) is 23.1 Å². The highest BCUT2D eigenvalue weighted by Gasteiger charge is 2.34. The lowest BCUT2D eigenvalue weighted by molar-refractivity contribution is 0.451. The van der Waals surface area contributed by atoms with Gasteiger partial charge >= 0.3 is 6.98 Å². The van der Waals surface area contributed by atoms with Gasteiger partial charge in [0.05, 0.1) is 6.17 Å². The Kier molecular flexibility index (Phi) is 3.35. The Labute approximate surface area is 153 Å². The first kappa shape index (κ1) is 15.2. The molecule has 0 bridgehead atoms. The number of rotatable bonds is 2. The van der Waals surface area contributed by atoms with Crippen LogP contribution in [0.15, 0.2) is 71.4 Å². The fraction of sp³-hybridized carbons (Fsp3) is 0.143. The maximum atomic E-state index is 6.10. The van der Waals surface area contributed by atoms with Crippen LogP contribution in [0.4, 0.5) is 5.69 Å². The molecule has 5 heteroatoms. The summed E-state index contributed by atoms with van der Waals surface area (Å²) < 4.78 is 6.10. The second-order valence-corrected chi connectivity index (χ2v) is 6.87. The lowest BCUT2D eigenvalue weighted by Crippen LogP contribution is -2.54. The van der Waals surface area contributed by atoms with Crippen LogP contribution < -0.4 is 15.5 Å². The van der Waals surface area contributed by atoms with Crippen molar-refractivity contribution in [2.75, 3.05) is 11.9 Å². The van der Waals surface area contributed by atoms with Crippen molar-refractivity contribution in [2.45, 2.75) is 13.1 Å². The molecule has 1 aromatic heterocycles. The van der Waals surface area contributed by atoms with Crippen molar-refractivity contribution in [1.29, 1.82) is 0 Å². The minimum Gasteiger partial charge on any atom is -0.457 e. The first-order valence-corrected chi connectivity index (χ1v) is 8.95. The van der Waals surface area contributed by atoms with Gasteiger partial charge in [0, 0.05) is 34.9 Å². The summed E-state index contributed by atoms with van der Waals surface area (Å²) in [7, 11) is 2.12. The number of benzene rings is 2. The van der Waals surface area contributed by atoms with E-state index < -0.39 is 0 Å². The van der Waals surface area contributed by atoms with Crippen molar-refractivity contribution in [1.82, 2.24) is 9.62 Å². The number of nitrogens with zero attached hydrogens (tertiary/aromatic N) is 3. The van der Waals surface area contributed by atoms with Gasteiger partial charge in [0.1, 0.15) is 11.0 Å². The Balaban J connectivity index is 1.52. The third-order valence-electron chi connectivity index (χ3n) is 5.31. The van der Waals surface area contributed by atoms with Gasteiger partial charge in [0.25, 0.3) is 0 Å². The molecule has 0 unspecified atom stereocenters. The van der Waals surface area contributed by atoms with E-state index in [9.17, 15) is 0 Å². The van der Waals surface area contributed by atoms with Crippen LogP contribution in [-0.4, -0.2) is 29.8 Å². The molecule has 1 atom stereocenters. The quantitative estimate of drug-likeness (QED) is 0.669. The zero-order chi connectivity index (χ0) is 17.7. The van der Waals surface area contributed by atoms with Crippen LogP contribution in [0.1, 0.15) is 6.92 Å². The van der Waals surface area contributed by atoms with Crippen LogP contribution in [0, 0.1) is 0 Å². The molecule has 0 amide bonds. The Morgan fingerprint density at radius 3 is 2.58 bits per heavy atom. The molecule has 2 aromatic carbocycles. The van der Waals surface area contributed by atoms with Gasteiger partial charge in [-0.1, -0.05) is 36.4 Å². The molecule has 0 saturated heterocycles. The van der Waals surface area contributed by atoms with Gasteiger partial charge in [-0.25, -0.2) is 0 Å². The summed E-state index contributed by atoms with van der Waals surface area (Å²) in [6.07, 6.45) is 6.73. The molecule has 4 nitrogen and oxygen atoms in total. The molecule has 3 heterocycles. The van der Waals surface area contributed by atoms with E-state index in [1.165, 1.54) is 11.1 Å². The average Bonchev–Trinajstić information content (AvgIpc) is 3.22. The third-order valence-corrected chi connectivity index (χ3v) is 5.31. The summed E-state index contributed by atoms with van der Waals surface area (Å²) in [5.41, 5.74) is 3.09. The van der Waals surface area contributed by atoms with Gasteiger partial charge in [-0.2, -0.15) is 0 Å². The molecule has 0 N–H and O–H groups in total. The number of anilines is 1. The Morgan fingerprint density at radius 2 is 1.73 bits per heavy atom. The van der Waals surface area contributed by atoms with E-state index in [1.807, 2.05) is 18.2 Å². The molecule has 0 radical (unpaired) electrons. The molecule has 0 saturated carbocycles. The zero-order valence-electron chi connectivity index (χ0n) is 14.9. The molecule has 5 rings (SSSR count). The maximum Gasteiger partial charge on any atom is 0.408 e. The largest absolute Gasteiger partial charge is 0.457 e. The molecule has 2 aliphatic rings. The van der Waals surface area contributed by atoms with Crippen molar-refractivity contribution in [2.24, 2.45) is 0 Å². The average molecular weight is 341 g/mol. The maximum absolute atomic E-state index is 6.10. The molecule has 128 valence electrons. The normalized spacial score (nSPS) is 18.9.